The number of piperidine rings is 1. The van der Waals surface area contributed by atoms with Gasteiger partial charge in [0.25, 0.3) is 0 Å². The Morgan fingerprint density at radius 1 is 1.45 bits per heavy atom. The maximum absolute atomic E-state index is 13.2. The summed E-state index contributed by atoms with van der Waals surface area (Å²) in [7, 11) is -3.90. The molecule has 22 heavy (non-hydrogen) atoms. The zero-order valence-electron chi connectivity index (χ0n) is 12.1. The number of carbonyl (C=O) groups excluding carboxylic acids is 1. The molecule has 1 aliphatic rings. The van der Waals surface area contributed by atoms with Gasteiger partial charge in [-0.15, -0.1) is 0 Å². The van der Waals surface area contributed by atoms with Gasteiger partial charge >= 0.3 is 5.97 Å². The average Bonchev–Trinajstić information content (AvgIpc) is 2.47. The van der Waals surface area contributed by atoms with Crippen LogP contribution in [0.25, 0.3) is 0 Å². The minimum absolute atomic E-state index is 0.0508. The largest absolute Gasteiger partial charge is 0.465 e. The molecule has 2 rings (SSSR count). The summed E-state index contributed by atoms with van der Waals surface area (Å²) in [4.78, 5) is 12.0. The quantitative estimate of drug-likeness (QED) is 0.737. The zero-order chi connectivity index (χ0) is 16.3. The highest BCUT2D eigenvalue weighted by atomic mass is 79.9. The summed E-state index contributed by atoms with van der Waals surface area (Å²) in [5.41, 5.74) is 0. The van der Waals surface area contributed by atoms with E-state index in [4.69, 9.17) is 4.74 Å². The van der Waals surface area contributed by atoms with Gasteiger partial charge in [-0.3, -0.25) is 4.79 Å². The number of carbonyl (C=O) groups is 1. The predicted octanol–water partition coefficient (Wildman–Crippen LogP) is 2.69. The van der Waals surface area contributed by atoms with Crippen molar-refractivity contribution in [2.45, 2.75) is 37.1 Å². The molecule has 0 N–H and O–H groups in total. The zero-order valence-corrected chi connectivity index (χ0v) is 14.5. The number of benzene rings is 1. The Bertz CT molecular complexity index is 665. The van der Waals surface area contributed by atoms with Crippen LogP contribution in [0.2, 0.25) is 0 Å². The lowest BCUT2D eigenvalue weighted by Gasteiger charge is -2.33. The molecule has 0 aliphatic carbocycles. The molecule has 122 valence electrons. The van der Waals surface area contributed by atoms with E-state index in [2.05, 4.69) is 15.9 Å². The normalized spacial score (nSPS) is 19.9. The molecule has 1 atom stereocenters. The van der Waals surface area contributed by atoms with Crippen molar-refractivity contribution in [3.8, 4) is 0 Å². The molecule has 0 radical (unpaired) electrons. The summed E-state index contributed by atoms with van der Waals surface area (Å²) in [6.07, 6.45) is 1.87. The van der Waals surface area contributed by atoms with Crippen molar-refractivity contribution in [1.29, 1.82) is 0 Å². The highest BCUT2D eigenvalue weighted by Crippen LogP contribution is 2.30. The SMILES string of the molecule is CCOC(=O)C1CCCCN1S(=O)(=O)c1ccc(F)cc1Br. The van der Waals surface area contributed by atoms with Crippen LogP contribution in [0.1, 0.15) is 26.2 Å². The van der Waals surface area contributed by atoms with Crippen LogP contribution in [0.15, 0.2) is 27.6 Å². The minimum atomic E-state index is -3.90. The Kier molecular flexibility index (Phi) is 5.57. The van der Waals surface area contributed by atoms with Crippen molar-refractivity contribution in [3.05, 3.63) is 28.5 Å². The summed E-state index contributed by atoms with van der Waals surface area (Å²) in [6, 6.07) is 2.55. The first-order valence-electron chi connectivity index (χ1n) is 7.01. The second-order valence-corrected chi connectivity index (χ2v) is 7.67. The number of hydrogen-bond donors (Lipinski definition) is 0. The first kappa shape index (κ1) is 17.4. The molecule has 1 aromatic carbocycles. The van der Waals surface area contributed by atoms with Gasteiger partial charge in [-0.2, -0.15) is 4.31 Å². The fraction of sp³-hybridized carbons (Fsp3) is 0.500. The molecule has 1 saturated heterocycles. The number of hydrogen-bond acceptors (Lipinski definition) is 4. The van der Waals surface area contributed by atoms with Gasteiger partial charge < -0.3 is 4.74 Å². The molecule has 0 bridgehead atoms. The van der Waals surface area contributed by atoms with Gasteiger partial charge in [0, 0.05) is 11.0 Å². The maximum atomic E-state index is 13.2. The molecule has 1 aromatic rings. The molecular weight excluding hydrogens is 377 g/mol. The van der Waals surface area contributed by atoms with Gasteiger partial charge in [0.1, 0.15) is 11.9 Å². The molecule has 1 fully saturated rings. The van der Waals surface area contributed by atoms with Crippen LogP contribution in [-0.2, 0) is 19.6 Å². The van der Waals surface area contributed by atoms with Crippen LogP contribution in [0, 0.1) is 5.82 Å². The van der Waals surface area contributed by atoms with Crippen LogP contribution < -0.4 is 0 Å². The molecule has 0 saturated carbocycles. The Labute approximate surface area is 137 Å². The molecular formula is C14H17BrFNO4S. The molecule has 1 heterocycles. The first-order chi connectivity index (χ1) is 10.4. The number of halogens is 2. The summed E-state index contributed by atoms with van der Waals surface area (Å²) in [6.45, 7) is 2.12. The van der Waals surface area contributed by atoms with Gasteiger partial charge in [0.15, 0.2) is 0 Å². The average molecular weight is 394 g/mol. The maximum Gasteiger partial charge on any atom is 0.324 e. The van der Waals surface area contributed by atoms with E-state index in [1.54, 1.807) is 6.92 Å². The third-order valence-corrected chi connectivity index (χ3v) is 6.38. The Morgan fingerprint density at radius 3 is 2.82 bits per heavy atom. The van der Waals surface area contributed by atoms with E-state index < -0.39 is 27.9 Å². The lowest BCUT2D eigenvalue weighted by Crippen LogP contribution is -2.48. The van der Waals surface area contributed by atoms with E-state index in [1.807, 2.05) is 0 Å². The first-order valence-corrected chi connectivity index (χ1v) is 9.24. The fourth-order valence-electron chi connectivity index (χ4n) is 2.48. The lowest BCUT2D eigenvalue weighted by atomic mass is 10.1. The third-order valence-electron chi connectivity index (χ3n) is 3.49. The molecule has 0 amide bonds. The van der Waals surface area contributed by atoms with Gasteiger partial charge in [0.05, 0.1) is 11.5 Å². The summed E-state index contributed by atoms with van der Waals surface area (Å²) >= 11 is 3.08. The number of sulfonamides is 1. The molecule has 0 aromatic heterocycles. The standard InChI is InChI=1S/C14H17BrFNO4S/c1-2-21-14(18)12-5-3-4-8-17(12)22(19,20)13-7-6-10(16)9-11(13)15/h6-7,9,12H,2-5,8H2,1H3. The highest BCUT2D eigenvalue weighted by Gasteiger charge is 2.39. The van der Waals surface area contributed by atoms with Crippen LogP contribution in [0.4, 0.5) is 4.39 Å². The van der Waals surface area contributed by atoms with Crippen molar-refractivity contribution >= 4 is 31.9 Å². The van der Waals surface area contributed by atoms with Crippen LogP contribution >= 0.6 is 15.9 Å². The fourth-order valence-corrected chi connectivity index (χ4v) is 5.14. The molecule has 0 spiro atoms. The summed E-state index contributed by atoms with van der Waals surface area (Å²) < 4.78 is 45.1. The summed E-state index contributed by atoms with van der Waals surface area (Å²) in [5, 5.41) is 0. The van der Waals surface area contributed by atoms with Crippen molar-refractivity contribution in [2.75, 3.05) is 13.2 Å². The predicted molar refractivity (Wildman–Crippen MR) is 82.3 cm³/mol. The van der Waals surface area contributed by atoms with E-state index in [9.17, 15) is 17.6 Å². The lowest BCUT2D eigenvalue weighted by molar-refractivity contribution is -0.148. The topological polar surface area (TPSA) is 63.7 Å². The Morgan fingerprint density at radius 2 is 2.18 bits per heavy atom. The second-order valence-electron chi connectivity index (χ2n) is 4.95. The molecule has 8 heteroatoms. The molecule has 1 unspecified atom stereocenters. The smallest absolute Gasteiger partial charge is 0.324 e. The van der Waals surface area contributed by atoms with E-state index in [-0.39, 0.29) is 22.5 Å². The minimum Gasteiger partial charge on any atom is -0.465 e. The third kappa shape index (κ3) is 3.49. The van der Waals surface area contributed by atoms with Crippen LogP contribution in [0.3, 0.4) is 0 Å². The number of rotatable bonds is 4. The van der Waals surface area contributed by atoms with Crippen molar-refractivity contribution in [3.63, 3.8) is 0 Å². The van der Waals surface area contributed by atoms with E-state index in [0.29, 0.717) is 12.8 Å². The number of nitrogens with zero attached hydrogens (tertiary/aromatic N) is 1. The number of ether oxygens (including phenoxy) is 1. The Balaban J connectivity index is 2.38. The monoisotopic (exact) mass is 393 g/mol. The van der Waals surface area contributed by atoms with E-state index in [0.717, 1.165) is 22.9 Å². The molecule has 5 nitrogen and oxygen atoms in total. The van der Waals surface area contributed by atoms with Crippen LogP contribution in [-0.4, -0.2) is 37.9 Å². The van der Waals surface area contributed by atoms with Gasteiger partial charge in [-0.25, -0.2) is 12.8 Å². The van der Waals surface area contributed by atoms with Gasteiger partial charge in [0.2, 0.25) is 10.0 Å². The second kappa shape index (κ2) is 7.06. The Hall–Kier alpha value is -0.990. The number of esters is 1. The van der Waals surface area contributed by atoms with E-state index in [1.165, 1.54) is 6.07 Å². The highest BCUT2D eigenvalue weighted by molar-refractivity contribution is 9.10. The van der Waals surface area contributed by atoms with Gasteiger partial charge in [-0.1, -0.05) is 0 Å². The summed E-state index contributed by atoms with van der Waals surface area (Å²) in [5.74, 6) is -1.07. The van der Waals surface area contributed by atoms with Crippen molar-refractivity contribution in [2.24, 2.45) is 0 Å². The van der Waals surface area contributed by atoms with Gasteiger partial charge in [-0.05, 0) is 60.3 Å². The van der Waals surface area contributed by atoms with E-state index >= 15 is 0 Å². The van der Waals surface area contributed by atoms with Crippen LogP contribution in [0.5, 0.6) is 0 Å². The van der Waals surface area contributed by atoms with Crippen molar-refractivity contribution < 1.29 is 22.3 Å². The van der Waals surface area contributed by atoms with Crippen molar-refractivity contribution in [1.82, 2.24) is 4.31 Å². The molecule has 1 aliphatic heterocycles.